The number of carboxylic acid groups (broad SMARTS) is 1. The molecule has 2 aromatic carbocycles. The van der Waals surface area contributed by atoms with Crippen LogP contribution in [0.2, 0.25) is 0 Å². The third-order valence-electron chi connectivity index (χ3n) is 5.84. The molecule has 0 saturated carbocycles. The van der Waals surface area contributed by atoms with Crippen molar-refractivity contribution >= 4 is 11.8 Å². The molecular weight excluding hydrogens is 464 g/mol. The number of hydrogen-bond donors (Lipinski definition) is 6. The van der Waals surface area contributed by atoms with Gasteiger partial charge in [-0.05, 0) is 35.9 Å². The van der Waals surface area contributed by atoms with Crippen LogP contribution in [0.3, 0.4) is 0 Å². The number of phenols is 4. The van der Waals surface area contributed by atoms with Gasteiger partial charge in [-0.1, -0.05) is 12.2 Å². The Morgan fingerprint density at radius 2 is 1.74 bits per heavy atom. The molecule has 3 aliphatic rings. The van der Waals surface area contributed by atoms with E-state index in [9.17, 15) is 35.1 Å². The zero-order chi connectivity index (χ0) is 25.1. The number of carboxylic acids is 1. The van der Waals surface area contributed by atoms with E-state index in [1.807, 2.05) is 0 Å². The van der Waals surface area contributed by atoms with E-state index in [2.05, 4.69) is 0 Å². The zero-order valence-electron chi connectivity index (χ0n) is 17.7. The molecule has 2 aromatic rings. The van der Waals surface area contributed by atoms with E-state index in [-0.39, 0.29) is 11.3 Å². The Morgan fingerprint density at radius 1 is 0.971 bits per heavy atom. The number of ether oxygens (including phenoxy) is 3. The number of Topliss-reactive ketones (excluding diaryl/α,β-unsaturated/α-hetero) is 1. The van der Waals surface area contributed by atoms with Crippen LogP contribution in [0.15, 0.2) is 66.3 Å². The molecule has 2 aliphatic heterocycles. The molecule has 5 rings (SSSR count). The molecule has 4 atom stereocenters. The summed E-state index contributed by atoms with van der Waals surface area (Å²) in [6.07, 6.45) is 4.59. The van der Waals surface area contributed by atoms with Crippen LogP contribution >= 0.6 is 0 Å². The normalized spacial score (nSPS) is 29.1. The van der Waals surface area contributed by atoms with Gasteiger partial charge in [0.1, 0.15) is 35.0 Å². The molecule has 6 N–H and O–H groups in total. The quantitative estimate of drug-likeness (QED) is 0.276. The lowest BCUT2D eigenvalue weighted by Gasteiger charge is -2.54. The summed E-state index contributed by atoms with van der Waals surface area (Å²) in [5, 5.41) is 60.7. The maximum atomic E-state index is 13.6. The molecule has 0 aromatic heterocycles. The van der Waals surface area contributed by atoms with Crippen molar-refractivity contribution in [3.63, 3.8) is 0 Å². The lowest BCUT2D eigenvalue weighted by atomic mass is 9.83. The van der Waals surface area contributed by atoms with Crippen LogP contribution in [0.5, 0.6) is 28.7 Å². The van der Waals surface area contributed by atoms with Crippen LogP contribution in [0.4, 0.5) is 0 Å². The molecule has 1 saturated heterocycles. The first-order valence-corrected chi connectivity index (χ1v) is 10.3. The van der Waals surface area contributed by atoms with E-state index < -0.39 is 64.1 Å². The number of aliphatic carboxylic acids is 1. The number of carbonyl (C=O) groups is 2. The summed E-state index contributed by atoms with van der Waals surface area (Å²) in [7, 11) is 0. The average Bonchev–Trinajstić information content (AvgIpc) is 2.78. The fourth-order valence-electron chi connectivity index (χ4n) is 4.25. The van der Waals surface area contributed by atoms with Crippen molar-refractivity contribution in [3.05, 3.63) is 77.4 Å². The summed E-state index contributed by atoms with van der Waals surface area (Å²) in [6, 6.07) is 5.25. The Morgan fingerprint density at radius 3 is 2.46 bits per heavy atom. The molecule has 1 aliphatic carbocycles. The number of rotatable bonds is 3. The number of allylic oxidation sites excluding steroid dienone is 3. The van der Waals surface area contributed by atoms with Gasteiger partial charge in [-0.3, -0.25) is 4.79 Å². The number of carbonyl (C=O) groups excluding carboxylic acids is 1. The smallest absolute Gasteiger partial charge is 0.328 e. The minimum atomic E-state index is -2.93. The molecule has 4 unspecified atom stereocenters. The highest BCUT2D eigenvalue weighted by atomic mass is 16.8. The zero-order valence-corrected chi connectivity index (χ0v) is 17.7. The predicted octanol–water partition coefficient (Wildman–Crippen LogP) is 1.55. The Hall–Kier alpha value is -4.32. The molecule has 0 spiro atoms. The predicted molar refractivity (Wildman–Crippen MR) is 115 cm³/mol. The molecular formula is C24H18O11. The SMILES string of the molecule is O=C(O)/C=C/C1=CC2OC3(O)C(=O)c4c(O)cc(O)cc4OC3(c3ccc(O)c(O)c3)OC2C=C1. The Labute approximate surface area is 196 Å². The highest BCUT2D eigenvalue weighted by Gasteiger charge is 2.70. The van der Waals surface area contributed by atoms with E-state index >= 15 is 0 Å². The third-order valence-corrected chi connectivity index (χ3v) is 5.84. The van der Waals surface area contributed by atoms with Crippen molar-refractivity contribution in [3.8, 4) is 28.7 Å². The first-order valence-electron chi connectivity index (χ1n) is 10.3. The largest absolute Gasteiger partial charge is 0.508 e. The molecule has 11 heteroatoms. The van der Waals surface area contributed by atoms with Crippen LogP contribution in [-0.4, -0.2) is 60.4 Å². The second-order valence-corrected chi connectivity index (χ2v) is 8.10. The summed E-state index contributed by atoms with van der Waals surface area (Å²) in [4.78, 5) is 24.4. The first kappa shape index (κ1) is 22.5. The third kappa shape index (κ3) is 3.33. The van der Waals surface area contributed by atoms with Gasteiger partial charge in [-0.2, -0.15) is 0 Å². The fraction of sp³-hybridized carbons (Fsp3) is 0.167. The van der Waals surface area contributed by atoms with Gasteiger partial charge in [-0.15, -0.1) is 0 Å². The van der Waals surface area contributed by atoms with Crippen molar-refractivity contribution < 1.29 is 54.4 Å². The monoisotopic (exact) mass is 482 g/mol. The lowest BCUT2D eigenvalue weighted by Crippen LogP contribution is -2.71. The molecule has 1 fully saturated rings. The molecule has 35 heavy (non-hydrogen) atoms. The maximum Gasteiger partial charge on any atom is 0.328 e. The number of aromatic hydroxyl groups is 4. The number of ketones is 1. The minimum Gasteiger partial charge on any atom is -0.508 e. The van der Waals surface area contributed by atoms with E-state index in [1.165, 1.54) is 30.4 Å². The summed E-state index contributed by atoms with van der Waals surface area (Å²) in [6.45, 7) is 0. The summed E-state index contributed by atoms with van der Waals surface area (Å²) >= 11 is 0. The van der Waals surface area contributed by atoms with Crippen LogP contribution in [-0.2, 0) is 20.1 Å². The van der Waals surface area contributed by atoms with Crippen LogP contribution in [0, 0.1) is 0 Å². The summed E-state index contributed by atoms with van der Waals surface area (Å²) in [5.74, 6) is -10.3. The second-order valence-electron chi connectivity index (χ2n) is 8.10. The Bertz CT molecular complexity index is 1360. The van der Waals surface area contributed by atoms with Crippen molar-refractivity contribution in [1.29, 1.82) is 0 Å². The number of phenolic OH excluding ortho intramolecular Hbond substituents is 4. The van der Waals surface area contributed by atoms with Gasteiger partial charge in [0.25, 0.3) is 0 Å². The molecule has 11 nitrogen and oxygen atoms in total. The summed E-state index contributed by atoms with van der Waals surface area (Å²) in [5.41, 5.74) is -0.204. The van der Waals surface area contributed by atoms with Crippen LogP contribution in [0.25, 0.3) is 0 Å². The topological polar surface area (TPSA) is 183 Å². The van der Waals surface area contributed by atoms with Gasteiger partial charge in [-0.25, -0.2) is 4.79 Å². The van der Waals surface area contributed by atoms with E-state index in [4.69, 9.17) is 19.3 Å². The maximum absolute atomic E-state index is 13.6. The Kier molecular flexibility index (Phi) is 4.88. The highest BCUT2D eigenvalue weighted by Crippen LogP contribution is 2.54. The van der Waals surface area contributed by atoms with Crippen molar-refractivity contribution in [2.24, 2.45) is 0 Å². The fourth-order valence-corrected chi connectivity index (χ4v) is 4.25. The van der Waals surface area contributed by atoms with Crippen LogP contribution in [0.1, 0.15) is 15.9 Å². The first-order chi connectivity index (χ1) is 16.5. The number of fused-ring (bicyclic) bond motifs is 3. The lowest BCUT2D eigenvalue weighted by molar-refractivity contribution is -0.417. The Balaban J connectivity index is 1.69. The van der Waals surface area contributed by atoms with Crippen molar-refractivity contribution in [2.45, 2.75) is 23.8 Å². The number of aliphatic hydroxyl groups is 1. The van der Waals surface area contributed by atoms with Gasteiger partial charge >= 0.3 is 17.5 Å². The van der Waals surface area contributed by atoms with Gasteiger partial charge in [0.05, 0.1) is 0 Å². The van der Waals surface area contributed by atoms with Gasteiger partial charge in [0.2, 0.25) is 5.78 Å². The second kappa shape index (κ2) is 7.60. The molecule has 0 radical (unpaired) electrons. The summed E-state index contributed by atoms with van der Waals surface area (Å²) < 4.78 is 17.8. The number of hydrogen-bond acceptors (Lipinski definition) is 10. The van der Waals surface area contributed by atoms with Gasteiger partial charge < -0.3 is 44.8 Å². The van der Waals surface area contributed by atoms with E-state index in [0.29, 0.717) is 5.57 Å². The number of benzene rings is 2. The van der Waals surface area contributed by atoms with E-state index in [0.717, 1.165) is 30.3 Å². The van der Waals surface area contributed by atoms with Crippen LogP contribution < -0.4 is 4.74 Å². The minimum absolute atomic E-state index is 0.121. The average molecular weight is 482 g/mol. The standard InChI is InChI=1S/C24H18O11/c25-13-9-16(28)21-19(10-13)35-24(12-3-4-14(26)15(27)8-12)23(32,22(21)31)33-18-7-11(2-6-20(29)30)1-5-17(18)34-24/h1-10,17-18,25-28,32H,(H,29,30)/b6-2+. The van der Waals surface area contributed by atoms with Crippen molar-refractivity contribution in [2.75, 3.05) is 0 Å². The van der Waals surface area contributed by atoms with Gasteiger partial charge in [0, 0.05) is 23.8 Å². The van der Waals surface area contributed by atoms with Crippen molar-refractivity contribution in [1.82, 2.24) is 0 Å². The highest BCUT2D eigenvalue weighted by molar-refractivity contribution is 6.08. The van der Waals surface area contributed by atoms with Gasteiger partial charge in [0.15, 0.2) is 11.5 Å². The molecule has 0 amide bonds. The molecule has 180 valence electrons. The molecule has 2 heterocycles. The molecule has 0 bridgehead atoms. The van der Waals surface area contributed by atoms with E-state index in [1.54, 1.807) is 0 Å².